The average Bonchev–Trinajstić information content (AvgIpc) is 2.89. The van der Waals surface area contributed by atoms with Crippen LogP contribution in [0.3, 0.4) is 0 Å². The molecule has 8 heteroatoms. The molecule has 1 aromatic carbocycles. The van der Waals surface area contributed by atoms with Gasteiger partial charge in [0.2, 0.25) is 0 Å². The lowest BCUT2D eigenvalue weighted by atomic mass is 10.0. The van der Waals surface area contributed by atoms with Crippen LogP contribution in [-0.4, -0.2) is 71.7 Å². The second-order valence-corrected chi connectivity index (χ2v) is 9.41. The van der Waals surface area contributed by atoms with Gasteiger partial charge >= 0.3 is 0 Å². The van der Waals surface area contributed by atoms with E-state index in [4.69, 9.17) is 4.74 Å². The third-order valence-electron chi connectivity index (χ3n) is 6.84. The maximum absolute atomic E-state index is 12.4. The molecule has 0 aliphatic carbocycles. The van der Waals surface area contributed by atoms with Crippen molar-refractivity contribution in [2.24, 2.45) is 0 Å². The number of rotatable bonds is 5. The van der Waals surface area contributed by atoms with Crippen molar-refractivity contribution < 1.29 is 9.53 Å². The van der Waals surface area contributed by atoms with E-state index in [0.29, 0.717) is 11.1 Å². The number of anilines is 1. The number of pyridine rings is 2. The molecule has 2 aliphatic heterocycles. The number of likely N-dealkylation sites (tertiary alicyclic amines) is 1. The largest absolute Gasteiger partial charge is 0.370 e. The summed E-state index contributed by atoms with van der Waals surface area (Å²) < 4.78 is 6.32. The summed E-state index contributed by atoms with van der Waals surface area (Å²) in [7, 11) is 0. The summed E-state index contributed by atoms with van der Waals surface area (Å²) in [6.45, 7) is 6.42. The van der Waals surface area contributed by atoms with Gasteiger partial charge in [0, 0.05) is 68.4 Å². The Labute approximate surface area is 205 Å². The van der Waals surface area contributed by atoms with E-state index in [0.717, 1.165) is 62.2 Å². The Morgan fingerprint density at radius 2 is 2.00 bits per heavy atom. The number of morpholine rings is 1. The highest BCUT2D eigenvalue weighted by atomic mass is 16.5. The molecule has 0 radical (unpaired) electrons. The quantitative estimate of drug-likeness (QED) is 0.613. The number of fused-ring (bicyclic) bond motifs is 1. The maximum atomic E-state index is 12.4. The minimum absolute atomic E-state index is 0.0548. The van der Waals surface area contributed by atoms with Gasteiger partial charge in [0.1, 0.15) is 6.07 Å². The first kappa shape index (κ1) is 23.2. The molecular weight excluding hydrogens is 440 g/mol. The van der Waals surface area contributed by atoms with Crippen LogP contribution in [0.15, 0.2) is 55.0 Å². The first-order chi connectivity index (χ1) is 17.1. The molecule has 3 aromatic rings. The average molecular weight is 471 g/mol. The fourth-order valence-electron chi connectivity index (χ4n) is 5.18. The van der Waals surface area contributed by atoms with Gasteiger partial charge in [0.05, 0.1) is 28.9 Å². The molecular formula is C27H30N6O2. The summed E-state index contributed by atoms with van der Waals surface area (Å²) in [5, 5.41) is 13.6. The summed E-state index contributed by atoms with van der Waals surface area (Å²) in [6, 6.07) is 13.9. The third kappa shape index (κ3) is 5.26. The Morgan fingerprint density at radius 3 is 2.77 bits per heavy atom. The normalized spacial score (nSPS) is 21.5. The van der Waals surface area contributed by atoms with E-state index in [-0.39, 0.29) is 24.2 Å². The molecule has 2 fully saturated rings. The van der Waals surface area contributed by atoms with Gasteiger partial charge in [-0.15, -0.1) is 0 Å². The SMILES string of the molecule is C[C@@H]1CN(c2ccc(C#N)c3ncccc23)C[C@H](CN2CCC(NC(=O)c3cccnc3)CC2)O1. The highest BCUT2D eigenvalue weighted by Crippen LogP contribution is 2.30. The Balaban J connectivity index is 1.20. The second-order valence-electron chi connectivity index (χ2n) is 9.41. The molecule has 0 saturated carbocycles. The predicted molar refractivity (Wildman–Crippen MR) is 134 cm³/mol. The van der Waals surface area contributed by atoms with Crippen molar-refractivity contribution >= 4 is 22.5 Å². The molecule has 1 N–H and O–H groups in total. The van der Waals surface area contributed by atoms with Gasteiger partial charge in [0.15, 0.2) is 0 Å². The minimum atomic E-state index is -0.0548. The van der Waals surface area contributed by atoms with E-state index in [1.54, 1.807) is 30.7 Å². The number of carbonyl (C=O) groups is 1. The van der Waals surface area contributed by atoms with E-state index >= 15 is 0 Å². The van der Waals surface area contributed by atoms with Crippen LogP contribution < -0.4 is 10.2 Å². The summed E-state index contributed by atoms with van der Waals surface area (Å²) >= 11 is 0. The zero-order valence-corrected chi connectivity index (χ0v) is 19.9. The van der Waals surface area contributed by atoms with Gasteiger partial charge in [0.25, 0.3) is 5.91 Å². The van der Waals surface area contributed by atoms with Crippen LogP contribution >= 0.6 is 0 Å². The summed E-state index contributed by atoms with van der Waals surface area (Å²) in [4.78, 5) is 25.7. The highest BCUT2D eigenvalue weighted by molar-refractivity contribution is 5.95. The zero-order valence-electron chi connectivity index (χ0n) is 19.9. The van der Waals surface area contributed by atoms with Crippen molar-refractivity contribution in [1.82, 2.24) is 20.2 Å². The van der Waals surface area contributed by atoms with E-state index < -0.39 is 0 Å². The van der Waals surface area contributed by atoms with Crippen molar-refractivity contribution in [2.75, 3.05) is 37.6 Å². The number of nitrogens with one attached hydrogen (secondary N) is 1. The third-order valence-corrected chi connectivity index (χ3v) is 6.84. The van der Waals surface area contributed by atoms with Crippen LogP contribution in [0.25, 0.3) is 10.9 Å². The monoisotopic (exact) mass is 470 g/mol. The second kappa shape index (κ2) is 10.4. The number of nitrogens with zero attached hydrogens (tertiary/aromatic N) is 5. The van der Waals surface area contributed by atoms with Crippen LogP contribution in [0.4, 0.5) is 5.69 Å². The topological polar surface area (TPSA) is 94.4 Å². The lowest BCUT2D eigenvalue weighted by molar-refractivity contribution is -0.0351. The first-order valence-electron chi connectivity index (χ1n) is 12.2. The van der Waals surface area contributed by atoms with E-state index in [2.05, 4.69) is 38.1 Å². The van der Waals surface area contributed by atoms with Crippen LogP contribution in [0.5, 0.6) is 0 Å². The van der Waals surface area contributed by atoms with Crippen LogP contribution in [0.2, 0.25) is 0 Å². The number of piperidine rings is 1. The number of ether oxygens (including phenoxy) is 1. The number of hydrogen-bond acceptors (Lipinski definition) is 7. The van der Waals surface area contributed by atoms with Gasteiger partial charge < -0.3 is 19.9 Å². The van der Waals surface area contributed by atoms with Crippen LogP contribution in [0.1, 0.15) is 35.7 Å². The Kier molecular flexibility index (Phi) is 6.89. The molecule has 5 rings (SSSR count). The molecule has 2 saturated heterocycles. The molecule has 35 heavy (non-hydrogen) atoms. The molecule has 2 aliphatic rings. The number of hydrogen-bond donors (Lipinski definition) is 1. The van der Waals surface area contributed by atoms with Gasteiger partial charge in [-0.05, 0) is 56.2 Å². The molecule has 2 atom stereocenters. The molecule has 0 spiro atoms. The van der Waals surface area contributed by atoms with Crippen LogP contribution in [0, 0.1) is 11.3 Å². The summed E-state index contributed by atoms with van der Waals surface area (Å²) in [5.41, 5.74) is 3.05. The highest BCUT2D eigenvalue weighted by Gasteiger charge is 2.30. The Bertz CT molecular complexity index is 1220. The lowest BCUT2D eigenvalue weighted by Gasteiger charge is -2.41. The van der Waals surface area contributed by atoms with Crippen LogP contribution in [-0.2, 0) is 4.74 Å². The fourth-order valence-corrected chi connectivity index (χ4v) is 5.18. The zero-order chi connectivity index (χ0) is 24.2. The maximum Gasteiger partial charge on any atom is 0.253 e. The van der Waals surface area contributed by atoms with Gasteiger partial charge in [-0.3, -0.25) is 14.8 Å². The standard InChI is InChI=1S/C27H30N6O2/c1-19-16-33(25-7-6-20(14-28)26-24(25)5-3-11-30-26)18-23(35-19)17-32-12-8-22(9-13-32)31-27(34)21-4-2-10-29-15-21/h2-7,10-11,15,19,22-23H,8-9,12-13,16-18H2,1H3,(H,31,34)/t19-,23+/m1/s1. The molecule has 0 unspecified atom stereocenters. The van der Waals surface area contributed by atoms with Crippen molar-refractivity contribution in [3.05, 3.63) is 66.1 Å². The molecule has 180 valence electrons. The number of nitriles is 1. The van der Waals surface area contributed by atoms with E-state index in [9.17, 15) is 10.1 Å². The van der Waals surface area contributed by atoms with Gasteiger partial charge in [-0.2, -0.15) is 5.26 Å². The minimum Gasteiger partial charge on any atom is -0.370 e. The Morgan fingerprint density at radius 1 is 1.17 bits per heavy atom. The smallest absolute Gasteiger partial charge is 0.253 e. The predicted octanol–water partition coefficient (Wildman–Crippen LogP) is 2.99. The number of amides is 1. The van der Waals surface area contributed by atoms with E-state index in [1.165, 1.54) is 0 Å². The number of carbonyl (C=O) groups excluding carboxylic acids is 1. The summed E-state index contributed by atoms with van der Waals surface area (Å²) in [6.07, 6.45) is 7.04. The van der Waals surface area contributed by atoms with Crippen molar-refractivity contribution in [1.29, 1.82) is 5.26 Å². The molecule has 2 aromatic heterocycles. The molecule has 8 nitrogen and oxygen atoms in total. The van der Waals surface area contributed by atoms with Crippen molar-refractivity contribution in [2.45, 2.75) is 38.0 Å². The number of aromatic nitrogens is 2. The van der Waals surface area contributed by atoms with E-state index in [1.807, 2.05) is 24.3 Å². The summed E-state index contributed by atoms with van der Waals surface area (Å²) in [5.74, 6) is -0.0548. The lowest BCUT2D eigenvalue weighted by Crippen LogP contribution is -2.53. The first-order valence-corrected chi connectivity index (χ1v) is 12.2. The molecule has 4 heterocycles. The molecule has 1 amide bonds. The number of benzene rings is 1. The molecule has 0 bridgehead atoms. The fraction of sp³-hybridized carbons (Fsp3) is 0.407. The van der Waals surface area contributed by atoms with Crippen molar-refractivity contribution in [3.63, 3.8) is 0 Å². The Hall–Kier alpha value is -3.54. The van der Waals surface area contributed by atoms with Gasteiger partial charge in [-0.25, -0.2) is 0 Å². The van der Waals surface area contributed by atoms with Crippen molar-refractivity contribution in [3.8, 4) is 6.07 Å². The van der Waals surface area contributed by atoms with Gasteiger partial charge in [-0.1, -0.05) is 0 Å².